The van der Waals surface area contributed by atoms with Gasteiger partial charge >= 0.3 is 0 Å². The number of amides is 1. The second-order valence-corrected chi connectivity index (χ2v) is 5.33. The van der Waals surface area contributed by atoms with Gasteiger partial charge in [-0.05, 0) is 38.1 Å². The summed E-state index contributed by atoms with van der Waals surface area (Å²) in [7, 11) is 0. The third-order valence-electron chi connectivity index (χ3n) is 3.20. The Labute approximate surface area is 105 Å². The molecule has 0 aliphatic carbocycles. The molecule has 0 spiro atoms. The zero-order valence-electron chi connectivity index (χ0n) is 11.2. The highest BCUT2D eigenvalue weighted by molar-refractivity contribution is 5.81. The molecule has 1 unspecified atom stereocenters. The van der Waals surface area contributed by atoms with Crippen molar-refractivity contribution < 1.29 is 4.79 Å². The molecule has 1 rings (SSSR count). The molecule has 4 nitrogen and oxygen atoms in total. The van der Waals surface area contributed by atoms with Crippen molar-refractivity contribution in [1.29, 1.82) is 0 Å². The molecular weight excluding hydrogens is 214 g/mol. The molecule has 1 saturated heterocycles. The molecule has 1 atom stereocenters. The van der Waals surface area contributed by atoms with E-state index >= 15 is 0 Å². The van der Waals surface area contributed by atoms with Gasteiger partial charge in [0.15, 0.2) is 0 Å². The number of rotatable bonds is 6. The summed E-state index contributed by atoms with van der Waals surface area (Å²) in [5.41, 5.74) is 5.58. The lowest BCUT2D eigenvalue weighted by Crippen LogP contribution is -2.47. The fraction of sp³-hybridized carbons (Fsp3) is 0.923. The van der Waals surface area contributed by atoms with Crippen LogP contribution in [0.4, 0.5) is 0 Å². The summed E-state index contributed by atoms with van der Waals surface area (Å²) in [5.74, 6) is 0.795. The van der Waals surface area contributed by atoms with Gasteiger partial charge in [-0.1, -0.05) is 13.8 Å². The third-order valence-corrected chi connectivity index (χ3v) is 3.20. The molecule has 3 N–H and O–H groups in total. The van der Waals surface area contributed by atoms with Crippen LogP contribution in [0.5, 0.6) is 0 Å². The SMILES string of the molecule is CC(C)CN(CCCN)C1CCCCNC1=O. The number of nitrogens with one attached hydrogen (secondary N) is 1. The van der Waals surface area contributed by atoms with E-state index < -0.39 is 0 Å². The van der Waals surface area contributed by atoms with E-state index in [2.05, 4.69) is 24.1 Å². The van der Waals surface area contributed by atoms with E-state index in [-0.39, 0.29) is 11.9 Å². The number of hydrogen-bond acceptors (Lipinski definition) is 3. The first-order chi connectivity index (χ1) is 8.15. The molecule has 100 valence electrons. The Balaban J connectivity index is 2.60. The maximum atomic E-state index is 12.0. The lowest BCUT2D eigenvalue weighted by atomic mass is 10.1. The summed E-state index contributed by atoms with van der Waals surface area (Å²) in [6.07, 6.45) is 4.20. The molecule has 1 aliphatic heterocycles. The van der Waals surface area contributed by atoms with Gasteiger partial charge in [-0.15, -0.1) is 0 Å². The first kappa shape index (κ1) is 14.5. The van der Waals surface area contributed by atoms with Crippen LogP contribution in [0.25, 0.3) is 0 Å². The number of nitrogens with two attached hydrogens (primary N) is 1. The molecule has 0 saturated carbocycles. The average molecular weight is 241 g/mol. The van der Waals surface area contributed by atoms with Gasteiger partial charge in [0, 0.05) is 19.6 Å². The number of hydrogen-bond donors (Lipinski definition) is 2. The summed E-state index contributed by atoms with van der Waals surface area (Å²) < 4.78 is 0. The minimum Gasteiger partial charge on any atom is -0.355 e. The molecule has 1 heterocycles. The topological polar surface area (TPSA) is 58.4 Å². The van der Waals surface area contributed by atoms with Crippen LogP contribution >= 0.6 is 0 Å². The van der Waals surface area contributed by atoms with Crippen molar-refractivity contribution in [3.63, 3.8) is 0 Å². The van der Waals surface area contributed by atoms with Crippen molar-refractivity contribution in [1.82, 2.24) is 10.2 Å². The van der Waals surface area contributed by atoms with Crippen LogP contribution in [-0.4, -0.2) is 43.0 Å². The molecule has 0 radical (unpaired) electrons. The van der Waals surface area contributed by atoms with Gasteiger partial charge < -0.3 is 11.1 Å². The van der Waals surface area contributed by atoms with Crippen LogP contribution in [0.2, 0.25) is 0 Å². The van der Waals surface area contributed by atoms with Crippen LogP contribution < -0.4 is 11.1 Å². The molecule has 1 aliphatic rings. The van der Waals surface area contributed by atoms with E-state index in [1.165, 1.54) is 0 Å². The first-order valence-electron chi connectivity index (χ1n) is 6.87. The van der Waals surface area contributed by atoms with Gasteiger partial charge in [-0.2, -0.15) is 0 Å². The van der Waals surface area contributed by atoms with E-state index in [1.54, 1.807) is 0 Å². The van der Waals surface area contributed by atoms with Crippen LogP contribution in [0.3, 0.4) is 0 Å². The maximum Gasteiger partial charge on any atom is 0.237 e. The Morgan fingerprint density at radius 1 is 1.47 bits per heavy atom. The van der Waals surface area contributed by atoms with Gasteiger partial charge in [0.2, 0.25) is 5.91 Å². The van der Waals surface area contributed by atoms with Crippen molar-refractivity contribution in [3.8, 4) is 0 Å². The molecule has 4 heteroatoms. The van der Waals surface area contributed by atoms with Gasteiger partial charge in [0.25, 0.3) is 0 Å². The van der Waals surface area contributed by atoms with Crippen molar-refractivity contribution in [2.45, 2.75) is 45.6 Å². The fourth-order valence-electron chi connectivity index (χ4n) is 2.41. The standard InChI is InChI=1S/C13H27N3O/c1-11(2)10-16(9-5-7-14)12-6-3-4-8-15-13(12)17/h11-12H,3-10,14H2,1-2H3,(H,15,17). The third kappa shape index (κ3) is 5.04. The van der Waals surface area contributed by atoms with Gasteiger partial charge in [-0.25, -0.2) is 0 Å². The van der Waals surface area contributed by atoms with Crippen LogP contribution in [0.1, 0.15) is 39.5 Å². The van der Waals surface area contributed by atoms with E-state index in [0.29, 0.717) is 12.5 Å². The molecule has 0 aromatic rings. The van der Waals surface area contributed by atoms with Crippen LogP contribution in [0, 0.1) is 5.92 Å². The second kappa shape index (κ2) is 7.67. The largest absolute Gasteiger partial charge is 0.355 e. The fourth-order valence-corrected chi connectivity index (χ4v) is 2.41. The summed E-state index contributed by atoms with van der Waals surface area (Å²) in [6, 6.07) is 0.0615. The second-order valence-electron chi connectivity index (χ2n) is 5.33. The van der Waals surface area contributed by atoms with Crippen LogP contribution in [-0.2, 0) is 4.79 Å². The van der Waals surface area contributed by atoms with Crippen molar-refractivity contribution >= 4 is 5.91 Å². The Morgan fingerprint density at radius 3 is 2.88 bits per heavy atom. The minimum atomic E-state index is 0.0615. The molecule has 0 aromatic heterocycles. The van der Waals surface area contributed by atoms with E-state index in [1.807, 2.05) is 0 Å². The summed E-state index contributed by atoms with van der Waals surface area (Å²) in [5, 5.41) is 3.01. The Bertz CT molecular complexity index is 231. The smallest absolute Gasteiger partial charge is 0.237 e. The van der Waals surface area contributed by atoms with Gasteiger partial charge in [-0.3, -0.25) is 9.69 Å². The average Bonchev–Trinajstić information content (AvgIpc) is 2.49. The Morgan fingerprint density at radius 2 is 2.24 bits per heavy atom. The normalized spacial score (nSPS) is 21.7. The Hall–Kier alpha value is -0.610. The quantitative estimate of drug-likeness (QED) is 0.728. The summed E-state index contributed by atoms with van der Waals surface area (Å²) >= 11 is 0. The van der Waals surface area contributed by atoms with Gasteiger partial charge in [0.05, 0.1) is 6.04 Å². The highest BCUT2D eigenvalue weighted by Crippen LogP contribution is 2.14. The molecule has 17 heavy (non-hydrogen) atoms. The highest BCUT2D eigenvalue weighted by Gasteiger charge is 2.26. The van der Waals surface area contributed by atoms with Crippen LogP contribution in [0.15, 0.2) is 0 Å². The molecule has 1 fully saturated rings. The van der Waals surface area contributed by atoms with Gasteiger partial charge in [0.1, 0.15) is 0 Å². The molecule has 1 amide bonds. The lowest BCUT2D eigenvalue weighted by Gasteiger charge is -2.31. The number of nitrogens with zero attached hydrogens (tertiary/aromatic N) is 1. The van der Waals surface area contributed by atoms with Crippen molar-refractivity contribution in [3.05, 3.63) is 0 Å². The van der Waals surface area contributed by atoms with E-state index in [4.69, 9.17) is 5.73 Å². The number of carbonyl (C=O) groups excluding carboxylic acids is 1. The predicted octanol–water partition coefficient (Wildman–Crippen LogP) is 0.962. The highest BCUT2D eigenvalue weighted by atomic mass is 16.2. The van der Waals surface area contributed by atoms with E-state index in [0.717, 1.165) is 45.3 Å². The summed E-state index contributed by atoms with van der Waals surface area (Å²) in [6.45, 7) is 7.85. The zero-order chi connectivity index (χ0) is 12.7. The lowest BCUT2D eigenvalue weighted by molar-refractivity contribution is -0.126. The maximum absolute atomic E-state index is 12.0. The monoisotopic (exact) mass is 241 g/mol. The summed E-state index contributed by atoms with van der Waals surface area (Å²) in [4.78, 5) is 14.3. The predicted molar refractivity (Wildman–Crippen MR) is 70.7 cm³/mol. The van der Waals surface area contributed by atoms with Crippen molar-refractivity contribution in [2.24, 2.45) is 11.7 Å². The number of carbonyl (C=O) groups is 1. The molecular formula is C13H27N3O. The van der Waals surface area contributed by atoms with Crippen molar-refractivity contribution in [2.75, 3.05) is 26.2 Å². The first-order valence-corrected chi connectivity index (χ1v) is 6.87. The van der Waals surface area contributed by atoms with E-state index in [9.17, 15) is 4.79 Å². The molecule has 0 aromatic carbocycles. The zero-order valence-corrected chi connectivity index (χ0v) is 11.2. The minimum absolute atomic E-state index is 0.0615. The Kier molecular flexibility index (Phi) is 6.52. The molecule has 0 bridgehead atoms.